The summed E-state index contributed by atoms with van der Waals surface area (Å²) in [5.74, 6) is -4.02. The predicted octanol–water partition coefficient (Wildman–Crippen LogP) is 3.63. The Morgan fingerprint density at radius 1 is 0.600 bits per heavy atom. The molecule has 0 bridgehead atoms. The lowest BCUT2D eigenvalue weighted by Gasteiger charge is -2.03. The average Bonchev–Trinajstić information content (AvgIpc) is 2.79. The summed E-state index contributed by atoms with van der Waals surface area (Å²) in [5, 5.41) is 25.5. The van der Waals surface area contributed by atoms with Gasteiger partial charge in [-0.3, -0.25) is 9.68 Å². The minimum atomic E-state index is -1.43. The van der Waals surface area contributed by atoms with E-state index in [0.29, 0.717) is 0 Å². The molecule has 3 aromatic carbocycles. The van der Waals surface area contributed by atoms with Crippen molar-refractivity contribution in [3.8, 4) is 0 Å². The molecule has 0 aromatic heterocycles. The molecule has 3 rings (SSSR count). The smallest absolute Gasteiger partial charge is 0.373 e. The molecule has 0 atom stereocenters. The predicted molar refractivity (Wildman–Crippen MR) is 105 cm³/mol. The van der Waals surface area contributed by atoms with Crippen LogP contribution in [0.15, 0.2) is 78.9 Å². The molecule has 3 aromatic rings. The van der Waals surface area contributed by atoms with Gasteiger partial charge in [-0.15, -0.1) is 0 Å². The number of carbonyl (C=O) groups is 4. The van der Waals surface area contributed by atoms with E-state index in [1.807, 2.05) is 60.7 Å². The first-order valence-electron chi connectivity index (χ1n) is 8.46. The normalized spacial score (nSPS) is 9.63. The first-order chi connectivity index (χ1) is 14.3. The highest BCUT2D eigenvalue weighted by atomic mass is 17.1. The van der Waals surface area contributed by atoms with Gasteiger partial charge in [-0.1, -0.05) is 60.7 Å². The molecule has 0 heterocycles. The van der Waals surface area contributed by atoms with Crippen LogP contribution in [0.5, 0.6) is 0 Å². The molecule has 30 heavy (non-hydrogen) atoms. The van der Waals surface area contributed by atoms with Gasteiger partial charge in [0.2, 0.25) is 0 Å². The van der Waals surface area contributed by atoms with Gasteiger partial charge in [0.05, 0.1) is 16.7 Å². The second-order valence-electron chi connectivity index (χ2n) is 5.81. The molecule has 0 fully saturated rings. The number of carboxylic acid groups (broad SMARTS) is 2. The largest absolute Gasteiger partial charge is 0.478 e. The fourth-order valence-electron chi connectivity index (χ4n) is 2.43. The van der Waals surface area contributed by atoms with Crippen LogP contribution in [0.2, 0.25) is 0 Å². The van der Waals surface area contributed by atoms with Crippen molar-refractivity contribution in [1.82, 2.24) is 0 Å². The van der Waals surface area contributed by atoms with Crippen LogP contribution < -0.4 is 0 Å². The maximum Gasteiger partial charge on any atom is 0.373 e. The molecule has 0 aliphatic carbocycles. The first-order valence-corrected chi connectivity index (χ1v) is 8.46. The Morgan fingerprint density at radius 2 is 1.10 bits per heavy atom. The Morgan fingerprint density at radius 3 is 1.50 bits per heavy atom. The van der Waals surface area contributed by atoms with Gasteiger partial charge < -0.3 is 10.2 Å². The number of ketones is 1. The third kappa shape index (κ3) is 5.60. The van der Waals surface area contributed by atoms with Crippen molar-refractivity contribution in [2.75, 3.05) is 0 Å². The van der Waals surface area contributed by atoms with Crippen LogP contribution in [0, 0.1) is 0 Å². The van der Waals surface area contributed by atoms with E-state index in [-0.39, 0.29) is 11.3 Å². The monoisotopic (exact) mass is 408 g/mol. The third-order valence-electron chi connectivity index (χ3n) is 3.87. The first kappa shape index (κ1) is 22.0. The Hall–Kier alpha value is -4.30. The SMILES string of the molecule is O=C(O)c1ccc(C(=O)O)c(C(=O)OO)c1.O=C(c1ccccc1)c1ccccc1. The highest BCUT2D eigenvalue weighted by molar-refractivity contribution is 6.08. The van der Waals surface area contributed by atoms with Crippen molar-refractivity contribution in [2.45, 2.75) is 0 Å². The molecule has 0 saturated carbocycles. The summed E-state index contributed by atoms with van der Waals surface area (Å²) in [4.78, 5) is 47.5. The van der Waals surface area contributed by atoms with Crippen molar-refractivity contribution < 1.29 is 39.5 Å². The molecule has 0 amide bonds. The number of benzene rings is 3. The van der Waals surface area contributed by atoms with Crippen LogP contribution in [0.25, 0.3) is 0 Å². The molecular formula is C22H16O8. The summed E-state index contributed by atoms with van der Waals surface area (Å²) in [6, 6.07) is 21.4. The fraction of sp³-hybridized carbons (Fsp3) is 0. The summed E-state index contributed by atoms with van der Waals surface area (Å²) in [7, 11) is 0. The van der Waals surface area contributed by atoms with Crippen LogP contribution in [0.3, 0.4) is 0 Å². The molecule has 0 aliphatic rings. The lowest BCUT2D eigenvalue weighted by Crippen LogP contribution is -2.12. The van der Waals surface area contributed by atoms with Gasteiger partial charge >= 0.3 is 17.9 Å². The minimum Gasteiger partial charge on any atom is -0.478 e. The lowest BCUT2D eigenvalue weighted by molar-refractivity contribution is -0.182. The number of aromatic carboxylic acids is 2. The summed E-state index contributed by atoms with van der Waals surface area (Å²) in [6.07, 6.45) is 0. The standard InChI is InChI=1S/C13H10O.C9H6O7/c14-13(11-7-3-1-4-8-11)12-9-5-2-6-10-12;10-7(11)4-1-2-5(8(12)13)6(3-4)9(14)16-15/h1-10H;1-3,15H,(H,10,11)(H,12,13). The molecule has 0 aliphatic heterocycles. The summed E-state index contributed by atoms with van der Waals surface area (Å²) >= 11 is 0. The van der Waals surface area contributed by atoms with E-state index < -0.39 is 29.0 Å². The maximum absolute atomic E-state index is 11.8. The minimum absolute atomic E-state index is 0.0752. The van der Waals surface area contributed by atoms with Gasteiger partial charge in [0, 0.05) is 11.1 Å². The molecule has 0 unspecified atom stereocenters. The van der Waals surface area contributed by atoms with E-state index in [0.717, 1.165) is 29.3 Å². The second kappa shape index (κ2) is 10.3. The maximum atomic E-state index is 11.8. The Labute approximate surface area is 170 Å². The molecule has 0 spiro atoms. The molecule has 8 nitrogen and oxygen atoms in total. The number of hydrogen-bond donors (Lipinski definition) is 3. The Bertz CT molecular complexity index is 1020. The summed E-state index contributed by atoms with van der Waals surface area (Å²) in [6.45, 7) is 0. The van der Waals surface area contributed by atoms with Gasteiger partial charge in [-0.25, -0.2) is 14.4 Å². The zero-order chi connectivity index (χ0) is 22.1. The second-order valence-corrected chi connectivity index (χ2v) is 5.81. The zero-order valence-electron chi connectivity index (χ0n) is 15.4. The molecule has 8 heteroatoms. The number of carbonyl (C=O) groups excluding carboxylic acids is 2. The van der Waals surface area contributed by atoms with Gasteiger partial charge in [-0.2, -0.15) is 5.26 Å². The van der Waals surface area contributed by atoms with Crippen LogP contribution in [0.1, 0.15) is 47.0 Å². The highest BCUT2D eigenvalue weighted by Gasteiger charge is 2.20. The third-order valence-corrected chi connectivity index (χ3v) is 3.87. The van der Waals surface area contributed by atoms with Gasteiger partial charge in [0.15, 0.2) is 5.78 Å². The molecule has 3 N–H and O–H groups in total. The number of rotatable bonds is 5. The van der Waals surface area contributed by atoms with E-state index in [2.05, 4.69) is 4.89 Å². The Kier molecular flexibility index (Phi) is 7.55. The van der Waals surface area contributed by atoms with E-state index >= 15 is 0 Å². The quantitative estimate of drug-likeness (QED) is 0.330. The fourth-order valence-corrected chi connectivity index (χ4v) is 2.43. The summed E-state index contributed by atoms with van der Waals surface area (Å²) < 4.78 is 0. The van der Waals surface area contributed by atoms with E-state index in [1.54, 1.807) is 0 Å². The number of carboxylic acids is 2. The van der Waals surface area contributed by atoms with Gasteiger partial charge in [0.1, 0.15) is 0 Å². The van der Waals surface area contributed by atoms with Crippen molar-refractivity contribution >= 4 is 23.7 Å². The van der Waals surface area contributed by atoms with Crippen LogP contribution in [-0.4, -0.2) is 39.2 Å². The molecular weight excluding hydrogens is 392 g/mol. The van der Waals surface area contributed by atoms with E-state index in [1.165, 1.54) is 0 Å². The summed E-state index contributed by atoms with van der Waals surface area (Å²) in [5.41, 5.74) is 0.196. The van der Waals surface area contributed by atoms with Gasteiger partial charge in [0.25, 0.3) is 0 Å². The highest BCUT2D eigenvalue weighted by Crippen LogP contribution is 2.14. The van der Waals surface area contributed by atoms with Gasteiger partial charge in [-0.05, 0) is 18.2 Å². The lowest BCUT2D eigenvalue weighted by atomic mass is 10.0. The van der Waals surface area contributed by atoms with Crippen molar-refractivity contribution in [3.63, 3.8) is 0 Å². The van der Waals surface area contributed by atoms with Crippen LogP contribution in [0.4, 0.5) is 0 Å². The van der Waals surface area contributed by atoms with Crippen molar-refractivity contribution in [2.24, 2.45) is 0 Å². The Balaban J connectivity index is 0.000000215. The van der Waals surface area contributed by atoms with Crippen LogP contribution >= 0.6 is 0 Å². The zero-order valence-corrected chi connectivity index (χ0v) is 15.4. The van der Waals surface area contributed by atoms with Crippen molar-refractivity contribution in [1.29, 1.82) is 0 Å². The van der Waals surface area contributed by atoms with E-state index in [9.17, 15) is 19.2 Å². The molecule has 152 valence electrons. The average molecular weight is 408 g/mol. The molecule has 0 saturated heterocycles. The van der Waals surface area contributed by atoms with E-state index in [4.69, 9.17) is 15.5 Å². The topological polar surface area (TPSA) is 138 Å². The van der Waals surface area contributed by atoms with Crippen LogP contribution in [-0.2, 0) is 4.89 Å². The molecule has 0 radical (unpaired) electrons. The number of hydrogen-bond acceptors (Lipinski definition) is 6. The van der Waals surface area contributed by atoms with Crippen molar-refractivity contribution in [3.05, 3.63) is 107 Å².